The maximum absolute atomic E-state index is 12.5. The number of nitrogens with one attached hydrogen (secondary N) is 1. The summed E-state index contributed by atoms with van der Waals surface area (Å²) in [5, 5.41) is 3.18. The number of nitrogens with zero attached hydrogens (tertiary/aromatic N) is 2. The third kappa shape index (κ3) is 4.73. The van der Waals surface area contributed by atoms with E-state index in [9.17, 15) is 4.79 Å². The van der Waals surface area contributed by atoms with Gasteiger partial charge in [-0.15, -0.1) is 0 Å². The molecule has 0 fully saturated rings. The van der Waals surface area contributed by atoms with Crippen LogP contribution in [0.2, 0.25) is 0 Å². The van der Waals surface area contributed by atoms with Crippen LogP contribution in [-0.4, -0.2) is 29.2 Å². The number of benzene rings is 2. The zero-order valence-corrected chi connectivity index (χ0v) is 15.6. The molecule has 6 heteroatoms. The Kier molecular flexibility index (Phi) is 6.20. The van der Waals surface area contributed by atoms with Crippen LogP contribution in [0.4, 0.5) is 11.5 Å². The van der Waals surface area contributed by atoms with Gasteiger partial charge < -0.3 is 14.8 Å². The fourth-order valence-corrected chi connectivity index (χ4v) is 2.54. The average Bonchev–Trinajstić information content (AvgIpc) is 2.69. The molecule has 6 nitrogen and oxygen atoms in total. The van der Waals surface area contributed by atoms with E-state index in [0.717, 1.165) is 24.3 Å². The van der Waals surface area contributed by atoms with E-state index in [2.05, 4.69) is 15.3 Å². The quantitative estimate of drug-likeness (QED) is 0.459. The Labute approximate surface area is 158 Å². The molecule has 0 aliphatic carbocycles. The van der Waals surface area contributed by atoms with E-state index in [-0.39, 0.29) is 5.69 Å². The highest BCUT2D eigenvalue weighted by Gasteiger charge is 2.18. The van der Waals surface area contributed by atoms with Crippen molar-refractivity contribution in [3.63, 3.8) is 0 Å². The molecule has 27 heavy (non-hydrogen) atoms. The van der Waals surface area contributed by atoms with Crippen molar-refractivity contribution in [1.29, 1.82) is 0 Å². The number of esters is 1. The summed E-state index contributed by atoms with van der Waals surface area (Å²) >= 11 is 0. The second-order valence-corrected chi connectivity index (χ2v) is 5.98. The molecule has 0 saturated carbocycles. The van der Waals surface area contributed by atoms with Gasteiger partial charge in [-0.3, -0.25) is 0 Å². The second kappa shape index (κ2) is 8.98. The summed E-state index contributed by atoms with van der Waals surface area (Å²) < 4.78 is 10.8. The van der Waals surface area contributed by atoms with Gasteiger partial charge in [-0.05, 0) is 49.7 Å². The Bertz CT molecular complexity index is 910. The lowest BCUT2D eigenvalue weighted by Crippen LogP contribution is -2.13. The van der Waals surface area contributed by atoms with Gasteiger partial charge in [-0.2, -0.15) is 0 Å². The normalized spacial score (nSPS) is 10.6. The van der Waals surface area contributed by atoms with Gasteiger partial charge >= 0.3 is 5.97 Å². The Balaban J connectivity index is 1.91. The van der Waals surface area contributed by atoms with Gasteiger partial charge in [0.1, 0.15) is 5.75 Å². The number of carbonyl (C=O) groups is 1. The molecule has 3 aromatic rings. The maximum Gasteiger partial charge on any atom is 0.360 e. The van der Waals surface area contributed by atoms with E-state index in [1.165, 1.54) is 0 Å². The summed E-state index contributed by atoms with van der Waals surface area (Å²) in [4.78, 5) is 21.6. The molecule has 0 amide bonds. The van der Waals surface area contributed by atoms with Crippen LogP contribution < -0.4 is 10.1 Å². The molecule has 0 bridgehead atoms. The van der Waals surface area contributed by atoms with Crippen LogP contribution in [-0.2, 0) is 4.74 Å². The minimum atomic E-state index is -0.477. The molecule has 0 saturated heterocycles. The van der Waals surface area contributed by atoms with Gasteiger partial charge in [0.15, 0.2) is 11.5 Å². The van der Waals surface area contributed by atoms with Crippen molar-refractivity contribution in [3.8, 4) is 5.75 Å². The molecule has 0 radical (unpaired) electrons. The number of aromatic nitrogens is 2. The molecule has 140 valence electrons. The van der Waals surface area contributed by atoms with Crippen LogP contribution in [0.25, 0.3) is 11.0 Å². The van der Waals surface area contributed by atoms with E-state index >= 15 is 0 Å². The number of fused-ring (bicyclic) bond motifs is 1. The molecule has 0 aliphatic rings. The van der Waals surface area contributed by atoms with Crippen molar-refractivity contribution in [2.45, 2.75) is 26.7 Å². The first-order valence-corrected chi connectivity index (χ1v) is 9.15. The van der Waals surface area contributed by atoms with Crippen molar-refractivity contribution in [1.82, 2.24) is 9.97 Å². The zero-order chi connectivity index (χ0) is 19.1. The Morgan fingerprint density at radius 3 is 2.37 bits per heavy atom. The van der Waals surface area contributed by atoms with E-state index < -0.39 is 5.97 Å². The number of carbonyl (C=O) groups excluding carboxylic acids is 1. The summed E-state index contributed by atoms with van der Waals surface area (Å²) in [6.07, 6.45) is 1.77. The summed E-state index contributed by atoms with van der Waals surface area (Å²) in [6.45, 7) is 4.96. The van der Waals surface area contributed by atoms with Crippen LogP contribution in [0.1, 0.15) is 37.2 Å². The Hall–Kier alpha value is -3.15. The number of hydrogen-bond acceptors (Lipinski definition) is 6. The zero-order valence-electron chi connectivity index (χ0n) is 15.6. The molecule has 3 rings (SSSR count). The minimum absolute atomic E-state index is 0.179. The van der Waals surface area contributed by atoms with E-state index in [4.69, 9.17) is 9.47 Å². The van der Waals surface area contributed by atoms with Crippen LogP contribution in [0.3, 0.4) is 0 Å². The number of unbranched alkanes of at least 4 members (excludes halogenated alkanes) is 1. The first-order chi connectivity index (χ1) is 13.2. The summed E-state index contributed by atoms with van der Waals surface area (Å²) in [5.41, 5.74) is 2.32. The smallest absolute Gasteiger partial charge is 0.360 e. The SMILES string of the molecule is CCCCOC(=O)c1nc2ccccc2nc1Nc1ccc(OCC)cc1. The predicted molar refractivity (Wildman–Crippen MR) is 106 cm³/mol. The van der Waals surface area contributed by atoms with Gasteiger partial charge in [0, 0.05) is 5.69 Å². The number of ether oxygens (including phenoxy) is 2. The number of anilines is 2. The molecule has 0 atom stereocenters. The van der Waals surface area contributed by atoms with Crippen LogP contribution in [0, 0.1) is 0 Å². The highest BCUT2D eigenvalue weighted by molar-refractivity contribution is 5.96. The van der Waals surface area contributed by atoms with Gasteiger partial charge in [0.25, 0.3) is 0 Å². The lowest BCUT2D eigenvalue weighted by Gasteiger charge is -2.12. The van der Waals surface area contributed by atoms with Crippen molar-refractivity contribution in [2.24, 2.45) is 0 Å². The van der Waals surface area contributed by atoms with Crippen molar-refractivity contribution in [2.75, 3.05) is 18.5 Å². The third-order valence-corrected chi connectivity index (χ3v) is 3.92. The van der Waals surface area contributed by atoms with Crippen LogP contribution >= 0.6 is 0 Å². The average molecular weight is 365 g/mol. The molecule has 1 N–H and O–H groups in total. The summed E-state index contributed by atoms with van der Waals surface area (Å²) in [6, 6.07) is 14.9. The topological polar surface area (TPSA) is 73.3 Å². The number of hydrogen-bond donors (Lipinski definition) is 1. The molecule has 2 aromatic carbocycles. The second-order valence-electron chi connectivity index (χ2n) is 5.98. The fourth-order valence-electron chi connectivity index (χ4n) is 2.54. The first-order valence-electron chi connectivity index (χ1n) is 9.15. The van der Waals surface area contributed by atoms with E-state index in [1.54, 1.807) is 0 Å². The van der Waals surface area contributed by atoms with E-state index in [0.29, 0.717) is 30.1 Å². The Morgan fingerprint density at radius 1 is 1.00 bits per heavy atom. The molecular weight excluding hydrogens is 342 g/mol. The fraction of sp³-hybridized carbons (Fsp3) is 0.286. The maximum atomic E-state index is 12.5. The molecule has 0 spiro atoms. The third-order valence-electron chi connectivity index (χ3n) is 3.92. The Morgan fingerprint density at radius 2 is 1.70 bits per heavy atom. The lowest BCUT2D eigenvalue weighted by molar-refractivity contribution is 0.0494. The standard InChI is InChI=1S/C21H23N3O3/c1-3-5-14-27-21(25)19-20(24-18-9-7-6-8-17(18)23-19)22-15-10-12-16(13-11-15)26-4-2/h6-13H,3-5,14H2,1-2H3,(H,22,24). The summed E-state index contributed by atoms with van der Waals surface area (Å²) in [7, 11) is 0. The van der Waals surface area contributed by atoms with Crippen molar-refractivity contribution < 1.29 is 14.3 Å². The molecule has 1 heterocycles. The van der Waals surface area contributed by atoms with Crippen molar-refractivity contribution in [3.05, 3.63) is 54.2 Å². The lowest BCUT2D eigenvalue weighted by atomic mass is 10.2. The first kappa shape index (κ1) is 18.6. The van der Waals surface area contributed by atoms with Crippen molar-refractivity contribution >= 4 is 28.5 Å². The van der Waals surface area contributed by atoms with E-state index in [1.807, 2.05) is 62.4 Å². The summed E-state index contributed by atoms with van der Waals surface area (Å²) in [5.74, 6) is 0.682. The highest BCUT2D eigenvalue weighted by atomic mass is 16.5. The number of rotatable bonds is 8. The van der Waals surface area contributed by atoms with Gasteiger partial charge in [0.2, 0.25) is 0 Å². The molecule has 0 aliphatic heterocycles. The van der Waals surface area contributed by atoms with Gasteiger partial charge in [0.05, 0.1) is 24.2 Å². The van der Waals surface area contributed by atoms with Gasteiger partial charge in [-0.1, -0.05) is 25.5 Å². The molecule has 0 unspecified atom stereocenters. The number of para-hydroxylation sites is 2. The monoisotopic (exact) mass is 365 g/mol. The van der Waals surface area contributed by atoms with Crippen LogP contribution in [0.15, 0.2) is 48.5 Å². The highest BCUT2D eigenvalue weighted by Crippen LogP contribution is 2.23. The predicted octanol–water partition coefficient (Wildman–Crippen LogP) is 4.73. The van der Waals surface area contributed by atoms with Crippen LogP contribution in [0.5, 0.6) is 5.75 Å². The molecular formula is C21H23N3O3. The largest absolute Gasteiger partial charge is 0.494 e. The minimum Gasteiger partial charge on any atom is -0.494 e. The molecule has 1 aromatic heterocycles. The van der Waals surface area contributed by atoms with Gasteiger partial charge in [-0.25, -0.2) is 14.8 Å².